The molecule has 2 amide bonds. The van der Waals surface area contributed by atoms with Gasteiger partial charge in [0.05, 0.1) is 25.0 Å². The molecule has 4 aromatic rings. The maximum Gasteiger partial charge on any atom is 0.257 e. The fraction of sp³-hybridized carbons (Fsp3) is 0.290. The lowest BCUT2D eigenvalue weighted by molar-refractivity contribution is 0.0602. The Labute approximate surface area is 233 Å². The average molecular weight is 537 g/mol. The summed E-state index contributed by atoms with van der Waals surface area (Å²) in [7, 11) is 1.91. The smallest absolute Gasteiger partial charge is 0.257 e. The van der Waals surface area contributed by atoms with Crippen molar-refractivity contribution in [2.75, 3.05) is 49.6 Å². The number of hydrogen-bond acceptors (Lipinski definition) is 6. The molecule has 40 heavy (non-hydrogen) atoms. The number of pyridine rings is 1. The van der Waals surface area contributed by atoms with Crippen LogP contribution in [0.1, 0.15) is 37.8 Å². The molecule has 0 radical (unpaired) electrons. The number of likely N-dealkylation sites (tertiary alicyclic amines) is 1. The summed E-state index contributed by atoms with van der Waals surface area (Å²) >= 11 is 0. The van der Waals surface area contributed by atoms with Crippen molar-refractivity contribution in [2.24, 2.45) is 7.05 Å². The van der Waals surface area contributed by atoms with Crippen molar-refractivity contribution in [2.45, 2.75) is 12.8 Å². The first-order chi connectivity index (χ1) is 19.4. The first-order valence-electron chi connectivity index (χ1n) is 13.5. The number of ether oxygens (including phenoxy) is 1. The van der Waals surface area contributed by atoms with E-state index in [0.29, 0.717) is 49.0 Å². The Morgan fingerprint density at radius 3 is 2.35 bits per heavy atom. The van der Waals surface area contributed by atoms with Crippen LogP contribution in [0, 0.1) is 6.92 Å². The van der Waals surface area contributed by atoms with Gasteiger partial charge in [0.2, 0.25) is 0 Å². The van der Waals surface area contributed by atoms with Crippen molar-refractivity contribution in [3.63, 3.8) is 0 Å². The summed E-state index contributed by atoms with van der Waals surface area (Å²) in [4.78, 5) is 34.7. The lowest BCUT2D eigenvalue weighted by Crippen LogP contribution is -2.48. The molecule has 9 nitrogen and oxygen atoms in total. The number of anilines is 2. The number of hydrogen-bond donors (Lipinski definition) is 1. The second-order valence-electron chi connectivity index (χ2n) is 10.4. The zero-order chi connectivity index (χ0) is 27.6. The van der Waals surface area contributed by atoms with Crippen LogP contribution >= 0.6 is 0 Å². The number of nitrogens with one attached hydrogen (secondary N) is 1. The number of aryl methyl sites for hydroxylation is 2. The van der Waals surface area contributed by atoms with E-state index in [9.17, 15) is 9.59 Å². The zero-order valence-corrected chi connectivity index (χ0v) is 22.7. The van der Waals surface area contributed by atoms with Gasteiger partial charge in [-0.25, -0.2) is 4.98 Å². The molecule has 2 fully saturated rings. The van der Waals surface area contributed by atoms with Crippen LogP contribution in [-0.2, 0) is 11.8 Å². The molecule has 1 N–H and O–H groups in total. The summed E-state index contributed by atoms with van der Waals surface area (Å²) in [6.07, 6.45) is 5.44. The van der Waals surface area contributed by atoms with Gasteiger partial charge < -0.3 is 19.9 Å². The summed E-state index contributed by atoms with van der Waals surface area (Å²) in [6.45, 7) is 6.18. The lowest BCUT2D eigenvalue weighted by Gasteiger charge is -2.39. The molecule has 4 heterocycles. The largest absolute Gasteiger partial charge is 0.378 e. The van der Waals surface area contributed by atoms with Gasteiger partial charge in [-0.05, 0) is 47.9 Å². The van der Waals surface area contributed by atoms with Crippen LogP contribution in [0.2, 0.25) is 0 Å². The highest BCUT2D eigenvalue weighted by Crippen LogP contribution is 2.31. The van der Waals surface area contributed by atoms with Crippen LogP contribution in [0.4, 0.5) is 11.5 Å². The van der Waals surface area contributed by atoms with E-state index < -0.39 is 0 Å². The van der Waals surface area contributed by atoms with Crippen LogP contribution in [0.15, 0.2) is 73.2 Å². The zero-order valence-electron chi connectivity index (χ0n) is 22.7. The van der Waals surface area contributed by atoms with E-state index in [1.54, 1.807) is 23.0 Å². The summed E-state index contributed by atoms with van der Waals surface area (Å²) in [5.74, 6) is 0.855. The highest BCUT2D eigenvalue weighted by atomic mass is 16.5. The normalized spacial score (nSPS) is 15.6. The van der Waals surface area contributed by atoms with E-state index >= 15 is 0 Å². The predicted molar refractivity (Wildman–Crippen MR) is 154 cm³/mol. The number of amides is 2. The van der Waals surface area contributed by atoms with Crippen molar-refractivity contribution in [1.82, 2.24) is 19.7 Å². The number of morpholine rings is 1. The van der Waals surface area contributed by atoms with Gasteiger partial charge in [-0.2, -0.15) is 5.10 Å². The second-order valence-corrected chi connectivity index (χ2v) is 10.4. The number of carbonyl (C=O) groups excluding carboxylic acids is 2. The summed E-state index contributed by atoms with van der Waals surface area (Å²) in [5.41, 5.74) is 5.97. The van der Waals surface area contributed by atoms with Crippen molar-refractivity contribution in [1.29, 1.82) is 0 Å². The minimum absolute atomic E-state index is 0.0322. The maximum atomic E-state index is 13.2. The Hall–Kier alpha value is -4.50. The van der Waals surface area contributed by atoms with Crippen LogP contribution < -0.4 is 10.2 Å². The molecular weight excluding hydrogens is 504 g/mol. The quantitative estimate of drug-likeness (QED) is 0.399. The molecule has 2 aromatic carbocycles. The summed E-state index contributed by atoms with van der Waals surface area (Å²) in [5, 5.41) is 7.20. The summed E-state index contributed by atoms with van der Waals surface area (Å²) < 4.78 is 7.19. The van der Waals surface area contributed by atoms with Gasteiger partial charge in [-0.3, -0.25) is 14.3 Å². The third-order valence-corrected chi connectivity index (χ3v) is 7.67. The SMILES string of the molecule is Cc1ccc(C(=O)N2CC(c3ccc(-c4cnn(C)c4)cc3)C2)cc1NC(=O)c1ccc(N2CCOCC2)nc1. The first-order valence-corrected chi connectivity index (χ1v) is 13.5. The van der Waals surface area contributed by atoms with Crippen molar-refractivity contribution >= 4 is 23.3 Å². The van der Waals surface area contributed by atoms with Crippen LogP contribution in [0.3, 0.4) is 0 Å². The highest BCUT2D eigenvalue weighted by Gasteiger charge is 2.32. The van der Waals surface area contributed by atoms with E-state index in [1.165, 1.54) is 5.56 Å². The lowest BCUT2D eigenvalue weighted by atomic mass is 9.90. The number of aromatic nitrogens is 3. The third-order valence-electron chi connectivity index (χ3n) is 7.67. The van der Waals surface area contributed by atoms with Crippen LogP contribution in [-0.4, -0.2) is 70.9 Å². The number of carbonyl (C=O) groups is 2. The van der Waals surface area contributed by atoms with E-state index in [4.69, 9.17) is 4.74 Å². The van der Waals surface area contributed by atoms with Gasteiger partial charge in [-0.1, -0.05) is 30.3 Å². The predicted octanol–water partition coefficient (Wildman–Crippen LogP) is 4.12. The molecule has 204 valence electrons. The van der Waals surface area contributed by atoms with Crippen molar-refractivity contribution < 1.29 is 14.3 Å². The molecule has 2 aromatic heterocycles. The summed E-state index contributed by atoms with van der Waals surface area (Å²) in [6, 6.07) is 17.6. The van der Waals surface area contributed by atoms with E-state index in [0.717, 1.165) is 35.6 Å². The molecule has 2 aliphatic rings. The Bertz CT molecular complexity index is 1520. The van der Waals surface area contributed by atoms with Crippen molar-refractivity contribution in [3.05, 3.63) is 95.4 Å². The molecule has 9 heteroatoms. The fourth-order valence-electron chi connectivity index (χ4n) is 5.14. The molecule has 2 aliphatic heterocycles. The van der Waals surface area contributed by atoms with E-state index in [1.807, 2.05) is 49.5 Å². The van der Waals surface area contributed by atoms with Gasteiger partial charge in [0.25, 0.3) is 11.8 Å². The Kier molecular flexibility index (Phi) is 7.04. The number of rotatable bonds is 6. The molecule has 0 atom stereocenters. The van der Waals surface area contributed by atoms with Gasteiger partial charge in [-0.15, -0.1) is 0 Å². The minimum Gasteiger partial charge on any atom is -0.378 e. The molecular formula is C31H32N6O3. The topological polar surface area (TPSA) is 92.6 Å². The maximum absolute atomic E-state index is 13.2. The molecule has 0 spiro atoms. The monoisotopic (exact) mass is 536 g/mol. The molecule has 2 saturated heterocycles. The molecule has 0 aliphatic carbocycles. The van der Waals surface area contributed by atoms with E-state index in [2.05, 4.69) is 44.6 Å². The molecule has 6 rings (SSSR count). The van der Waals surface area contributed by atoms with Gasteiger partial charge in [0.15, 0.2) is 0 Å². The number of nitrogens with zero attached hydrogens (tertiary/aromatic N) is 5. The Morgan fingerprint density at radius 1 is 0.925 bits per heavy atom. The van der Waals surface area contributed by atoms with Crippen LogP contribution in [0.25, 0.3) is 11.1 Å². The molecule has 0 bridgehead atoms. The van der Waals surface area contributed by atoms with Gasteiger partial charge in [0, 0.05) is 68.4 Å². The Balaban J connectivity index is 1.07. The third kappa shape index (κ3) is 5.33. The second kappa shape index (κ2) is 10.9. The average Bonchev–Trinajstić information content (AvgIpc) is 3.40. The van der Waals surface area contributed by atoms with Gasteiger partial charge >= 0.3 is 0 Å². The minimum atomic E-state index is -0.257. The number of benzene rings is 2. The van der Waals surface area contributed by atoms with Crippen molar-refractivity contribution in [3.8, 4) is 11.1 Å². The Morgan fingerprint density at radius 2 is 1.68 bits per heavy atom. The molecule has 0 saturated carbocycles. The highest BCUT2D eigenvalue weighted by molar-refractivity contribution is 6.05. The standard InChI is InChI=1S/C31H32N6O3/c1-21-3-4-24(15-28(21)34-30(38)25-9-10-29(32-16-25)36-11-13-40-14-12-36)31(39)37-19-27(20-37)23-7-5-22(6-8-23)26-17-33-35(2)18-26/h3-10,15-18,27H,11-14,19-20H2,1-2H3,(H,34,38). The van der Waals surface area contributed by atoms with E-state index in [-0.39, 0.29) is 11.8 Å². The van der Waals surface area contributed by atoms with Gasteiger partial charge in [0.1, 0.15) is 5.82 Å². The first kappa shape index (κ1) is 25.8. The molecule has 0 unspecified atom stereocenters. The fourth-order valence-corrected chi connectivity index (χ4v) is 5.14. The van der Waals surface area contributed by atoms with Crippen LogP contribution in [0.5, 0.6) is 0 Å².